The van der Waals surface area contributed by atoms with E-state index in [1.54, 1.807) is 49.6 Å². The third-order valence-electron chi connectivity index (χ3n) is 3.65. The van der Waals surface area contributed by atoms with Crippen LogP contribution >= 0.6 is 11.6 Å². The molecule has 0 aliphatic rings. The lowest BCUT2D eigenvalue weighted by Gasteiger charge is -2.14. The van der Waals surface area contributed by atoms with Crippen molar-refractivity contribution in [2.45, 2.75) is 6.42 Å². The van der Waals surface area contributed by atoms with E-state index in [0.717, 1.165) is 5.56 Å². The summed E-state index contributed by atoms with van der Waals surface area (Å²) < 4.78 is 16.3. The van der Waals surface area contributed by atoms with Gasteiger partial charge in [0.25, 0.3) is 5.91 Å². The Labute approximate surface area is 158 Å². The molecule has 5 nitrogen and oxygen atoms in total. The van der Waals surface area contributed by atoms with Gasteiger partial charge in [-0.3, -0.25) is 4.79 Å². The second-order valence-electron chi connectivity index (χ2n) is 5.42. The Kier molecular flexibility index (Phi) is 7.36. The number of ether oxygens (including phenoxy) is 3. The monoisotopic (exact) mass is 375 g/mol. The fraction of sp³-hybridized carbons (Fsp3) is 0.250. The number of allylic oxidation sites excluding steroid dienone is 1. The van der Waals surface area contributed by atoms with E-state index in [1.807, 2.05) is 0 Å². The summed E-state index contributed by atoms with van der Waals surface area (Å²) in [6.45, 7) is 4.45. The van der Waals surface area contributed by atoms with Crippen molar-refractivity contribution in [3.05, 3.63) is 65.2 Å². The predicted molar refractivity (Wildman–Crippen MR) is 103 cm³/mol. The Morgan fingerprint density at radius 3 is 2.54 bits per heavy atom. The van der Waals surface area contributed by atoms with Gasteiger partial charge in [-0.2, -0.15) is 0 Å². The van der Waals surface area contributed by atoms with E-state index >= 15 is 0 Å². The van der Waals surface area contributed by atoms with Crippen LogP contribution in [0.2, 0.25) is 5.02 Å². The maximum absolute atomic E-state index is 12.4. The fourth-order valence-electron chi connectivity index (χ4n) is 2.45. The average molecular weight is 376 g/mol. The summed E-state index contributed by atoms with van der Waals surface area (Å²) in [4.78, 5) is 12.4. The number of carbonyl (C=O) groups is 1. The van der Waals surface area contributed by atoms with Crippen LogP contribution in [0.4, 0.5) is 0 Å². The molecule has 0 atom stereocenters. The molecule has 0 saturated heterocycles. The third kappa shape index (κ3) is 5.17. The van der Waals surface area contributed by atoms with Gasteiger partial charge >= 0.3 is 0 Å². The van der Waals surface area contributed by atoms with Crippen LogP contribution in [-0.4, -0.2) is 33.3 Å². The van der Waals surface area contributed by atoms with Gasteiger partial charge in [-0.25, -0.2) is 0 Å². The smallest absolute Gasteiger partial charge is 0.251 e. The number of benzene rings is 2. The number of hydrogen-bond acceptors (Lipinski definition) is 4. The molecule has 2 aromatic rings. The van der Waals surface area contributed by atoms with E-state index in [1.165, 1.54) is 7.11 Å². The zero-order chi connectivity index (χ0) is 18.9. The molecule has 0 spiro atoms. The Bertz CT molecular complexity index is 759. The summed E-state index contributed by atoms with van der Waals surface area (Å²) in [5, 5.41) is 3.47. The second kappa shape index (κ2) is 9.73. The highest BCUT2D eigenvalue weighted by Crippen LogP contribution is 2.33. The Hall–Kier alpha value is -2.66. The highest BCUT2D eigenvalue weighted by molar-refractivity contribution is 6.30. The SMILES string of the molecule is C=CCc1cc(C(=O)NCCOc2ccc(Cl)cc2)cc(OC)c1OC. The minimum absolute atomic E-state index is 0.212. The fourth-order valence-corrected chi connectivity index (χ4v) is 2.57. The molecule has 0 fully saturated rings. The zero-order valence-electron chi connectivity index (χ0n) is 14.9. The van der Waals surface area contributed by atoms with E-state index in [4.69, 9.17) is 25.8 Å². The number of hydrogen-bond donors (Lipinski definition) is 1. The molecule has 2 rings (SSSR count). The van der Waals surface area contributed by atoms with E-state index in [0.29, 0.717) is 47.4 Å². The van der Waals surface area contributed by atoms with Gasteiger partial charge in [0.05, 0.1) is 20.8 Å². The first kappa shape index (κ1) is 19.7. The molecule has 0 radical (unpaired) electrons. The maximum Gasteiger partial charge on any atom is 0.251 e. The topological polar surface area (TPSA) is 56.8 Å². The maximum atomic E-state index is 12.4. The minimum atomic E-state index is -0.212. The molecule has 138 valence electrons. The molecule has 0 aromatic heterocycles. The quantitative estimate of drug-likeness (QED) is 0.533. The van der Waals surface area contributed by atoms with Gasteiger partial charge in [-0.05, 0) is 42.8 Å². The summed E-state index contributed by atoms with van der Waals surface area (Å²) in [6, 6.07) is 10.5. The molecule has 0 heterocycles. The van der Waals surface area contributed by atoms with E-state index in [2.05, 4.69) is 11.9 Å². The summed E-state index contributed by atoms with van der Waals surface area (Å²) in [5.41, 5.74) is 1.33. The van der Waals surface area contributed by atoms with Crippen molar-refractivity contribution in [2.24, 2.45) is 0 Å². The first-order valence-corrected chi connectivity index (χ1v) is 8.49. The van der Waals surface area contributed by atoms with E-state index < -0.39 is 0 Å². The molecule has 0 aliphatic carbocycles. The minimum Gasteiger partial charge on any atom is -0.493 e. The van der Waals surface area contributed by atoms with Crippen LogP contribution in [0.5, 0.6) is 17.2 Å². The largest absolute Gasteiger partial charge is 0.493 e. The molecule has 0 unspecified atom stereocenters. The number of nitrogens with one attached hydrogen (secondary N) is 1. The molecule has 0 aliphatic heterocycles. The summed E-state index contributed by atoms with van der Waals surface area (Å²) >= 11 is 5.83. The molecule has 1 N–H and O–H groups in total. The number of carbonyl (C=O) groups excluding carboxylic acids is 1. The van der Waals surface area contributed by atoms with Crippen LogP contribution in [0.3, 0.4) is 0 Å². The standard InChI is InChI=1S/C20H22ClNO4/c1-4-5-14-12-15(13-18(24-2)19(14)25-3)20(23)22-10-11-26-17-8-6-16(21)7-9-17/h4,6-9,12-13H,1,5,10-11H2,2-3H3,(H,22,23). The van der Waals surface area contributed by atoms with Crippen molar-refractivity contribution in [3.8, 4) is 17.2 Å². The van der Waals surface area contributed by atoms with E-state index in [9.17, 15) is 4.79 Å². The van der Waals surface area contributed by atoms with Gasteiger partial charge in [-0.1, -0.05) is 17.7 Å². The lowest BCUT2D eigenvalue weighted by Crippen LogP contribution is -2.28. The van der Waals surface area contributed by atoms with Gasteiger partial charge in [0.1, 0.15) is 12.4 Å². The van der Waals surface area contributed by atoms with Gasteiger partial charge in [-0.15, -0.1) is 6.58 Å². The summed E-state index contributed by atoms with van der Waals surface area (Å²) in [6.07, 6.45) is 2.32. The highest BCUT2D eigenvalue weighted by atomic mass is 35.5. The number of rotatable bonds is 9. The number of methoxy groups -OCH3 is 2. The van der Waals surface area contributed by atoms with Crippen LogP contribution in [0, 0.1) is 0 Å². The van der Waals surface area contributed by atoms with Crippen LogP contribution in [0.15, 0.2) is 49.1 Å². The van der Waals surface area contributed by atoms with Crippen LogP contribution in [0.1, 0.15) is 15.9 Å². The van der Waals surface area contributed by atoms with Crippen molar-refractivity contribution < 1.29 is 19.0 Å². The van der Waals surface area contributed by atoms with Gasteiger partial charge < -0.3 is 19.5 Å². The second-order valence-corrected chi connectivity index (χ2v) is 5.86. The molecular weight excluding hydrogens is 354 g/mol. The number of amides is 1. The predicted octanol–water partition coefficient (Wildman–Crippen LogP) is 3.89. The molecular formula is C20H22ClNO4. The summed E-state index contributed by atoms with van der Waals surface area (Å²) in [5.74, 6) is 1.60. The van der Waals surface area contributed by atoms with Crippen molar-refractivity contribution in [1.29, 1.82) is 0 Å². The Morgan fingerprint density at radius 1 is 1.19 bits per heavy atom. The first-order valence-electron chi connectivity index (χ1n) is 8.11. The van der Waals surface area contributed by atoms with Gasteiger partial charge in [0.2, 0.25) is 0 Å². The molecule has 6 heteroatoms. The van der Waals surface area contributed by atoms with Crippen molar-refractivity contribution in [1.82, 2.24) is 5.32 Å². The van der Waals surface area contributed by atoms with Crippen molar-refractivity contribution in [2.75, 3.05) is 27.4 Å². The molecule has 1 amide bonds. The van der Waals surface area contributed by atoms with E-state index in [-0.39, 0.29) is 5.91 Å². The summed E-state index contributed by atoms with van der Waals surface area (Å²) in [7, 11) is 3.11. The lowest BCUT2D eigenvalue weighted by atomic mass is 10.0. The van der Waals surface area contributed by atoms with Crippen molar-refractivity contribution in [3.63, 3.8) is 0 Å². The molecule has 2 aromatic carbocycles. The molecule has 0 bridgehead atoms. The average Bonchev–Trinajstić information content (AvgIpc) is 2.66. The normalized spacial score (nSPS) is 10.1. The third-order valence-corrected chi connectivity index (χ3v) is 3.90. The lowest BCUT2D eigenvalue weighted by molar-refractivity contribution is 0.0946. The molecule has 26 heavy (non-hydrogen) atoms. The zero-order valence-corrected chi connectivity index (χ0v) is 15.6. The highest BCUT2D eigenvalue weighted by Gasteiger charge is 2.15. The van der Waals surface area contributed by atoms with Crippen molar-refractivity contribution >= 4 is 17.5 Å². The van der Waals surface area contributed by atoms with Gasteiger partial charge in [0, 0.05) is 16.1 Å². The van der Waals surface area contributed by atoms with Crippen LogP contribution in [-0.2, 0) is 6.42 Å². The Morgan fingerprint density at radius 2 is 1.92 bits per heavy atom. The Balaban J connectivity index is 1.98. The van der Waals surface area contributed by atoms with Crippen LogP contribution in [0.25, 0.3) is 0 Å². The van der Waals surface area contributed by atoms with Gasteiger partial charge in [0.15, 0.2) is 11.5 Å². The number of halogens is 1. The van der Waals surface area contributed by atoms with Crippen LogP contribution < -0.4 is 19.5 Å². The first-order chi connectivity index (χ1) is 12.6. The molecule has 0 saturated carbocycles.